The molecule has 7 nitrogen and oxygen atoms in total. The van der Waals surface area contributed by atoms with Gasteiger partial charge in [0, 0.05) is 20.6 Å². The average Bonchev–Trinajstić information content (AvgIpc) is 2.70. The first-order valence-corrected chi connectivity index (χ1v) is 6.68. The van der Waals surface area contributed by atoms with Crippen molar-refractivity contribution in [2.24, 2.45) is 20.0 Å². The molecule has 0 bridgehead atoms. The van der Waals surface area contributed by atoms with Crippen LogP contribution in [0.3, 0.4) is 0 Å². The van der Waals surface area contributed by atoms with Gasteiger partial charge in [0.1, 0.15) is 5.82 Å². The van der Waals surface area contributed by atoms with Crippen molar-refractivity contribution in [2.75, 3.05) is 7.05 Å². The normalized spacial score (nSPS) is 11.7. The second-order valence-electron chi connectivity index (χ2n) is 5.44. The molecule has 2 heterocycles. The molecule has 0 saturated carbocycles. The Balaban J connectivity index is 2.88. The molecule has 0 atom stereocenters. The molecular weight excluding hydrogens is 258 g/mol. The fourth-order valence-corrected chi connectivity index (χ4v) is 2.32. The Morgan fingerprint density at radius 3 is 2.40 bits per heavy atom. The van der Waals surface area contributed by atoms with Gasteiger partial charge < -0.3 is 9.88 Å². The molecule has 20 heavy (non-hydrogen) atoms. The van der Waals surface area contributed by atoms with E-state index in [0.29, 0.717) is 30.2 Å². The number of hydrogen-bond donors (Lipinski definition) is 1. The third-order valence-corrected chi connectivity index (χ3v) is 3.33. The van der Waals surface area contributed by atoms with Gasteiger partial charge >= 0.3 is 5.69 Å². The van der Waals surface area contributed by atoms with Crippen molar-refractivity contribution >= 4 is 11.2 Å². The van der Waals surface area contributed by atoms with Crippen LogP contribution in [0.5, 0.6) is 0 Å². The van der Waals surface area contributed by atoms with E-state index >= 15 is 0 Å². The molecule has 0 saturated heterocycles. The summed E-state index contributed by atoms with van der Waals surface area (Å²) in [4.78, 5) is 29.0. The van der Waals surface area contributed by atoms with Crippen molar-refractivity contribution in [3.05, 3.63) is 26.7 Å². The maximum atomic E-state index is 12.3. The van der Waals surface area contributed by atoms with Gasteiger partial charge in [0.2, 0.25) is 0 Å². The van der Waals surface area contributed by atoms with Gasteiger partial charge in [-0.2, -0.15) is 0 Å². The number of aromatic nitrogens is 4. The second-order valence-corrected chi connectivity index (χ2v) is 5.44. The molecule has 110 valence electrons. The Kier molecular flexibility index (Phi) is 3.80. The van der Waals surface area contributed by atoms with Crippen LogP contribution in [0, 0.1) is 5.92 Å². The van der Waals surface area contributed by atoms with E-state index in [1.165, 1.54) is 7.05 Å². The van der Waals surface area contributed by atoms with Crippen molar-refractivity contribution < 1.29 is 0 Å². The molecule has 0 amide bonds. The third-order valence-electron chi connectivity index (χ3n) is 3.33. The van der Waals surface area contributed by atoms with Crippen LogP contribution in [0.15, 0.2) is 9.59 Å². The Labute approximate surface area is 116 Å². The number of fused-ring (bicyclic) bond motifs is 1. The SMILES string of the molecule is CNCc1nc2c(c(=O)n(C)c(=O)n2CC(C)C)n1C. The first-order valence-electron chi connectivity index (χ1n) is 6.68. The summed E-state index contributed by atoms with van der Waals surface area (Å²) in [5.41, 5.74) is 0.324. The highest BCUT2D eigenvalue weighted by atomic mass is 16.2. The molecule has 0 spiro atoms. The van der Waals surface area contributed by atoms with Crippen molar-refractivity contribution in [3.8, 4) is 0 Å². The quantitative estimate of drug-likeness (QED) is 0.842. The van der Waals surface area contributed by atoms with Crippen LogP contribution >= 0.6 is 0 Å². The van der Waals surface area contributed by atoms with E-state index < -0.39 is 0 Å². The smallest absolute Gasteiger partial charge is 0.324 e. The van der Waals surface area contributed by atoms with Gasteiger partial charge in [0.25, 0.3) is 5.56 Å². The number of rotatable bonds is 4. The van der Waals surface area contributed by atoms with E-state index in [-0.39, 0.29) is 11.2 Å². The predicted octanol–water partition coefficient (Wildman–Crippen LogP) is -0.191. The molecule has 0 unspecified atom stereocenters. The van der Waals surface area contributed by atoms with Crippen LogP contribution in [-0.2, 0) is 27.2 Å². The van der Waals surface area contributed by atoms with Crippen LogP contribution in [0.4, 0.5) is 0 Å². The van der Waals surface area contributed by atoms with E-state index in [9.17, 15) is 9.59 Å². The zero-order valence-corrected chi connectivity index (χ0v) is 12.6. The first-order chi connectivity index (χ1) is 9.38. The topological polar surface area (TPSA) is 73.8 Å². The highest BCUT2D eigenvalue weighted by Gasteiger charge is 2.18. The fraction of sp³-hybridized carbons (Fsp3) is 0.615. The molecule has 2 rings (SSSR count). The summed E-state index contributed by atoms with van der Waals surface area (Å²) < 4.78 is 4.49. The van der Waals surface area contributed by atoms with Crippen LogP contribution < -0.4 is 16.6 Å². The lowest BCUT2D eigenvalue weighted by Gasteiger charge is -2.11. The third kappa shape index (κ3) is 2.18. The zero-order valence-electron chi connectivity index (χ0n) is 12.6. The minimum atomic E-state index is -0.315. The van der Waals surface area contributed by atoms with Gasteiger partial charge in [0.15, 0.2) is 11.2 Å². The molecule has 0 radical (unpaired) electrons. The van der Waals surface area contributed by atoms with Crippen LogP contribution in [-0.4, -0.2) is 25.7 Å². The highest BCUT2D eigenvalue weighted by Crippen LogP contribution is 2.11. The standard InChI is InChI=1S/C13H21N5O2/c1-8(2)7-18-11-10(12(19)17(5)13(18)20)16(4)9(15-11)6-14-3/h8,14H,6-7H2,1-5H3. The number of nitrogens with one attached hydrogen (secondary N) is 1. The molecule has 1 N–H and O–H groups in total. The van der Waals surface area contributed by atoms with Gasteiger partial charge in [-0.1, -0.05) is 13.8 Å². The van der Waals surface area contributed by atoms with Crippen molar-refractivity contribution in [2.45, 2.75) is 26.9 Å². The number of aryl methyl sites for hydroxylation is 1. The first kappa shape index (κ1) is 14.5. The summed E-state index contributed by atoms with van der Waals surface area (Å²) in [6.45, 7) is 5.14. The van der Waals surface area contributed by atoms with E-state index in [0.717, 1.165) is 10.4 Å². The van der Waals surface area contributed by atoms with Crippen LogP contribution in [0.25, 0.3) is 11.2 Å². The van der Waals surface area contributed by atoms with Crippen molar-refractivity contribution in [1.82, 2.24) is 24.0 Å². The average molecular weight is 279 g/mol. The summed E-state index contributed by atoms with van der Waals surface area (Å²) in [6.07, 6.45) is 0. The molecular formula is C13H21N5O2. The minimum Gasteiger partial charge on any atom is -0.324 e. The molecule has 7 heteroatoms. The lowest BCUT2D eigenvalue weighted by molar-refractivity contribution is 0.500. The monoisotopic (exact) mass is 279 g/mol. The van der Waals surface area contributed by atoms with Crippen molar-refractivity contribution in [1.29, 1.82) is 0 Å². The van der Waals surface area contributed by atoms with E-state index in [4.69, 9.17) is 0 Å². The summed E-state index contributed by atoms with van der Waals surface area (Å²) in [7, 11) is 5.12. The van der Waals surface area contributed by atoms with Crippen molar-refractivity contribution in [3.63, 3.8) is 0 Å². The number of nitrogens with zero attached hydrogens (tertiary/aromatic N) is 4. The number of hydrogen-bond acceptors (Lipinski definition) is 4. The molecule has 0 aromatic carbocycles. The van der Waals surface area contributed by atoms with Gasteiger partial charge in [0.05, 0.1) is 6.54 Å². The predicted molar refractivity (Wildman–Crippen MR) is 77.8 cm³/mol. The van der Waals surface area contributed by atoms with Gasteiger partial charge in [-0.05, 0) is 13.0 Å². The number of imidazole rings is 1. The molecule has 2 aromatic heterocycles. The Bertz CT molecular complexity index is 751. The largest absolute Gasteiger partial charge is 0.332 e. The summed E-state index contributed by atoms with van der Waals surface area (Å²) >= 11 is 0. The maximum Gasteiger partial charge on any atom is 0.332 e. The minimum absolute atomic E-state index is 0.295. The zero-order chi connectivity index (χ0) is 15.0. The summed E-state index contributed by atoms with van der Waals surface area (Å²) in [6, 6.07) is 0. The Hall–Kier alpha value is -1.89. The lowest BCUT2D eigenvalue weighted by Crippen LogP contribution is -2.39. The molecule has 0 aliphatic rings. The maximum absolute atomic E-state index is 12.3. The summed E-state index contributed by atoms with van der Waals surface area (Å²) in [5.74, 6) is 1.03. The summed E-state index contributed by atoms with van der Waals surface area (Å²) in [5, 5.41) is 3.02. The van der Waals surface area contributed by atoms with E-state index in [1.807, 2.05) is 20.9 Å². The Morgan fingerprint density at radius 1 is 1.20 bits per heavy atom. The molecule has 0 aliphatic heterocycles. The van der Waals surface area contributed by atoms with Crippen LogP contribution in [0.1, 0.15) is 19.7 Å². The second kappa shape index (κ2) is 5.24. The molecule has 0 fully saturated rings. The van der Waals surface area contributed by atoms with Gasteiger partial charge in [-0.3, -0.25) is 13.9 Å². The van der Waals surface area contributed by atoms with Gasteiger partial charge in [-0.15, -0.1) is 0 Å². The van der Waals surface area contributed by atoms with Crippen LogP contribution in [0.2, 0.25) is 0 Å². The Morgan fingerprint density at radius 2 is 1.85 bits per heavy atom. The lowest BCUT2D eigenvalue weighted by atomic mass is 10.2. The molecule has 0 aliphatic carbocycles. The fourth-order valence-electron chi connectivity index (χ4n) is 2.32. The van der Waals surface area contributed by atoms with E-state index in [1.54, 1.807) is 16.2 Å². The highest BCUT2D eigenvalue weighted by molar-refractivity contribution is 5.71. The van der Waals surface area contributed by atoms with E-state index in [2.05, 4.69) is 10.3 Å². The van der Waals surface area contributed by atoms with Gasteiger partial charge in [-0.25, -0.2) is 9.78 Å². The molecule has 2 aromatic rings.